The third kappa shape index (κ3) is 3.67. The van der Waals surface area contributed by atoms with Gasteiger partial charge in [0.05, 0.1) is 12.8 Å². The minimum absolute atomic E-state index is 0.0821. The van der Waals surface area contributed by atoms with Crippen molar-refractivity contribution in [1.82, 2.24) is 14.9 Å². The molecule has 1 aromatic carbocycles. The number of fused-ring (bicyclic) bond motifs is 1. The summed E-state index contributed by atoms with van der Waals surface area (Å²) in [6.45, 7) is 6.60. The zero-order valence-electron chi connectivity index (χ0n) is 15.0. The van der Waals surface area contributed by atoms with Crippen molar-refractivity contribution in [2.45, 2.75) is 38.5 Å². The van der Waals surface area contributed by atoms with Crippen molar-refractivity contribution >= 4 is 9.84 Å². The Morgan fingerprint density at radius 2 is 2.00 bits per heavy atom. The van der Waals surface area contributed by atoms with E-state index >= 15 is 0 Å². The largest absolute Gasteiger partial charge is 0.496 e. The Morgan fingerprint density at radius 3 is 2.68 bits per heavy atom. The lowest BCUT2D eigenvalue weighted by atomic mass is 10.0. The molecule has 6 nitrogen and oxygen atoms in total. The van der Waals surface area contributed by atoms with Crippen LogP contribution in [-0.2, 0) is 29.3 Å². The van der Waals surface area contributed by atoms with Crippen LogP contribution in [0.3, 0.4) is 0 Å². The molecule has 0 spiro atoms. The highest BCUT2D eigenvalue weighted by molar-refractivity contribution is 7.90. The number of benzene rings is 1. The molecule has 7 heteroatoms. The molecule has 1 aliphatic rings. The number of hydrogen-bond acceptors (Lipinski definition) is 6. The van der Waals surface area contributed by atoms with Crippen molar-refractivity contribution in [3.05, 3.63) is 46.3 Å². The maximum atomic E-state index is 11.6. The molecule has 0 N–H and O–H groups in total. The molecule has 0 bridgehead atoms. The molecule has 0 fully saturated rings. The maximum Gasteiger partial charge on any atom is 0.246 e. The smallest absolute Gasteiger partial charge is 0.246 e. The Morgan fingerprint density at radius 1 is 1.24 bits per heavy atom. The number of sulfone groups is 1. The average Bonchev–Trinajstić information content (AvgIpc) is 2.58. The van der Waals surface area contributed by atoms with Crippen LogP contribution in [0, 0.1) is 13.8 Å². The van der Waals surface area contributed by atoms with E-state index in [1.807, 2.05) is 6.07 Å². The maximum absolute atomic E-state index is 11.6. The van der Waals surface area contributed by atoms with Crippen LogP contribution in [0.2, 0.25) is 0 Å². The van der Waals surface area contributed by atoms with Gasteiger partial charge in [0, 0.05) is 44.1 Å². The fourth-order valence-corrected chi connectivity index (χ4v) is 3.68. The molecule has 0 radical (unpaired) electrons. The highest BCUT2D eigenvalue weighted by Gasteiger charge is 2.21. The summed E-state index contributed by atoms with van der Waals surface area (Å²) in [5.41, 5.74) is 5.53. The van der Waals surface area contributed by atoms with Gasteiger partial charge in [0.15, 0.2) is 0 Å². The van der Waals surface area contributed by atoms with Crippen LogP contribution in [0.15, 0.2) is 23.5 Å². The molecule has 1 aliphatic heterocycles. The Balaban J connectivity index is 1.79. The van der Waals surface area contributed by atoms with Crippen LogP contribution in [-0.4, -0.2) is 43.2 Å². The van der Waals surface area contributed by atoms with Crippen LogP contribution in [0.5, 0.6) is 5.75 Å². The molecule has 2 aromatic rings. The highest BCUT2D eigenvalue weighted by Crippen LogP contribution is 2.26. The number of methoxy groups -OCH3 is 1. The second-order valence-corrected chi connectivity index (χ2v) is 8.44. The first-order valence-electron chi connectivity index (χ1n) is 8.20. The van der Waals surface area contributed by atoms with E-state index in [1.54, 1.807) is 13.3 Å². The Kier molecular flexibility index (Phi) is 4.79. The lowest BCUT2D eigenvalue weighted by Crippen LogP contribution is -2.31. The van der Waals surface area contributed by atoms with Gasteiger partial charge in [-0.3, -0.25) is 4.90 Å². The zero-order valence-corrected chi connectivity index (χ0v) is 15.9. The van der Waals surface area contributed by atoms with Gasteiger partial charge in [-0.2, -0.15) is 0 Å². The van der Waals surface area contributed by atoms with Gasteiger partial charge in [0.25, 0.3) is 0 Å². The summed E-state index contributed by atoms with van der Waals surface area (Å²) >= 11 is 0. The molecule has 0 amide bonds. The predicted molar refractivity (Wildman–Crippen MR) is 95.4 cm³/mol. The molecule has 134 valence electrons. The Labute approximate surface area is 148 Å². The molecule has 0 saturated carbocycles. The zero-order chi connectivity index (χ0) is 18.2. The molecular formula is C18H23N3O3S. The normalized spacial score (nSPS) is 15.0. The van der Waals surface area contributed by atoms with E-state index in [9.17, 15) is 8.42 Å². The first kappa shape index (κ1) is 17.8. The lowest BCUT2D eigenvalue weighted by molar-refractivity contribution is 0.241. The number of hydrogen-bond donors (Lipinski definition) is 0. The minimum Gasteiger partial charge on any atom is -0.496 e. The fraction of sp³-hybridized carbons (Fsp3) is 0.444. The standard InChI is InChI=1S/C18H23N3O3S/c1-12-13(2)17(24-3)6-5-14(12)10-21-8-7-16-15(11-21)9-19-18(20-16)25(4,22)23/h5-6,9H,7-8,10-11H2,1-4H3. The van der Waals surface area contributed by atoms with Gasteiger partial charge in [-0.25, -0.2) is 18.4 Å². The lowest BCUT2D eigenvalue weighted by Gasteiger charge is -2.28. The van der Waals surface area contributed by atoms with Crippen LogP contribution >= 0.6 is 0 Å². The second kappa shape index (κ2) is 6.72. The van der Waals surface area contributed by atoms with Crippen molar-refractivity contribution in [3.63, 3.8) is 0 Å². The number of nitrogens with zero attached hydrogens (tertiary/aromatic N) is 3. The third-order valence-electron chi connectivity index (χ3n) is 4.79. The second-order valence-electron chi connectivity index (χ2n) is 6.53. The van der Waals surface area contributed by atoms with Gasteiger partial charge >= 0.3 is 0 Å². The van der Waals surface area contributed by atoms with Crippen LogP contribution < -0.4 is 4.74 Å². The molecule has 0 atom stereocenters. The summed E-state index contributed by atoms with van der Waals surface area (Å²) in [7, 11) is -1.67. The van der Waals surface area contributed by atoms with Crippen LogP contribution in [0.4, 0.5) is 0 Å². The van der Waals surface area contributed by atoms with Crippen molar-refractivity contribution in [3.8, 4) is 5.75 Å². The molecular weight excluding hydrogens is 338 g/mol. The summed E-state index contributed by atoms with van der Waals surface area (Å²) in [5, 5.41) is -0.0821. The molecule has 1 aromatic heterocycles. The number of ether oxygens (including phenoxy) is 1. The van der Waals surface area contributed by atoms with Gasteiger partial charge in [-0.15, -0.1) is 0 Å². The van der Waals surface area contributed by atoms with Gasteiger partial charge in [0.2, 0.25) is 15.0 Å². The van der Waals surface area contributed by atoms with Crippen LogP contribution in [0.25, 0.3) is 0 Å². The molecule has 0 unspecified atom stereocenters. The van der Waals surface area contributed by atoms with Gasteiger partial charge in [-0.1, -0.05) is 6.07 Å². The first-order valence-corrected chi connectivity index (χ1v) is 10.1. The molecule has 0 saturated heterocycles. The molecule has 2 heterocycles. The van der Waals surface area contributed by atoms with Gasteiger partial charge < -0.3 is 4.74 Å². The molecule has 25 heavy (non-hydrogen) atoms. The quantitative estimate of drug-likeness (QED) is 0.776. The van der Waals surface area contributed by atoms with Gasteiger partial charge in [-0.05, 0) is 36.6 Å². The Hall–Kier alpha value is -1.99. The average molecular weight is 361 g/mol. The van der Waals surface area contributed by atoms with E-state index in [2.05, 4.69) is 34.8 Å². The van der Waals surface area contributed by atoms with Crippen molar-refractivity contribution in [2.75, 3.05) is 19.9 Å². The monoisotopic (exact) mass is 361 g/mol. The molecule has 0 aliphatic carbocycles. The number of rotatable bonds is 4. The van der Waals surface area contributed by atoms with E-state index < -0.39 is 9.84 Å². The van der Waals surface area contributed by atoms with Crippen molar-refractivity contribution < 1.29 is 13.2 Å². The summed E-state index contributed by atoms with van der Waals surface area (Å²) < 4.78 is 28.6. The summed E-state index contributed by atoms with van der Waals surface area (Å²) in [4.78, 5) is 10.6. The first-order chi connectivity index (χ1) is 11.8. The van der Waals surface area contributed by atoms with E-state index in [0.29, 0.717) is 0 Å². The fourth-order valence-electron chi connectivity index (χ4n) is 3.16. The van der Waals surface area contributed by atoms with Crippen LogP contribution in [0.1, 0.15) is 27.9 Å². The summed E-state index contributed by atoms with van der Waals surface area (Å²) in [6.07, 6.45) is 3.52. The van der Waals surface area contributed by atoms with E-state index in [1.165, 1.54) is 16.7 Å². The van der Waals surface area contributed by atoms with E-state index in [4.69, 9.17) is 4.74 Å². The summed E-state index contributed by atoms with van der Waals surface area (Å²) in [6, 6.07) is 4.12. The third-order valence-corrected chi connectivity index (χ3v) is 5.65. The van der Waals surface area contributed by atoms with Gasteiger partial charge in [0.1, 0.15) is 5.75 Å². The Bertz CT molecular complexity index is 910. The highest BCUT2D eigenvalue weighted by atomic mass is 32.2. The SMILES string of the molecule is COc1ccc(CN2CCc3nc(S(C)(=O)=O)ncc3C2)c(C)c1C. The topological polar surface area (TPSA) is 72.4 Å². The minimum atomic E-state index is -3.36. The number of aromatic nitrogens is 2. The van der Waals surface area contributed by atoms with Crippen molar-refractivity contribution in [1.29, 1.82) is 0 Å². The van der Waals surface area contributed by atoms with Crippen molar-refractivity contribution in [2.24, 2.45) is 0 Å². The molecule has 3 rings (SSSR count). The predicted octanol–water partition coefficient (Wildman–Crippen LogP) is 2.06. The summed E-state index contributed by atoms with van der Waals surface area (Å²) in [5.74, 6) is 0.909. The van der Waals surface area contributed by atoms with E-state index in [-0.39, 0.29) is 5.16 Å². The van der Waals surface area contributed by atoms with E-state index in [0.717, 1.165) is 49.3 Å².